The number of aromatic nitrogens is 1. The van der Waals surface area contributed by atoms with Crippen LogP contribution >= 0.6 is 0 Å². The molecule has 0 aliphatic rings. The van der Waals surface area contributed by atoms with Crippen LogP contribution < -0.4 is 4.90 Å². The highest BCUT2D eigenvalue weighted by Gasteiger charge is 2.07. The molecule has 0 aliphatic carbocycles. The Labute approximate surface area is 95.3 Å². The van der Waals surface area contributed by atoms with Crippen molar-refractivity contribution in [3.8, 4) is 6.07 Å². The Morgan fingerprint density at radius 1 is 1.56 bits per heavy atom. The van der Waals surface area contributed by atoms with E-state index in [0.717, 1.165) is 5.69 Å². The van der Waals surface area contributed by atoms with E-state index in [1.807, 2.05) is 6.07 Å². The Kier molecular flexibility index (Phi) is 3.85. The first kappa shape index (κ1) is 12.5. The molecule has 0 aromatic carbocycles. The Morgan fingerprint density at radius 3 is 2.81 bits per heavy atom. The summed E-state index contributed by atoms with van der Waals surface area (Å²) < 4.78 is 22.0. The SMILES string of the molecule is CN(CCS(C)(=O)=O)c1ccnc(C#N)c1. The summed E-state index contributed by atoms with van der Waals surface area (Å²) in [6, 6.07) is 5.31. The molecule has 0 bridgehead atoms. The first-order chi connectivity index (χ1) is 7.42. The van der Waals surface area contributed by atoms with Crippen molar-refractivity contribution in [1.82, 2.24) is 4.98 Å². The summed E-state index contributed by atoms with van der Waals surface area (Å²) in [6.45, 7) is 0.397. The Balaban J connectivity index is 2.74. The largest absolute Gasteiger partial charge is 0.373 e. The molecule has 0 radical (unpaired) electrons. The van der Waals surface area contributed by atoms with Crippen molar-refractivity contribution in [3.63, 3.8) is 0 Å². The van der Waals surface area contributed by atoms with Crippen LogP contribution in [0.5, 0.6) is 0 Å². The molecule has 1 rings (SSSR count). The van der Waals surface area contributed by atoms with E-state index in [-0.39, 0.29) is 5.75 Å². The second kappa shape index (κ2) is 4.94. The predicted octanol–water partition coefficient (Wildman–Crippen LogP) is 0.434. The molecule has 0 N–H and O–H groups in total. The van der Waals surface area contributed by atoms with Gasteiger partial charge >= 0.3 is 0 Å². The topological polar surface area (TPSA) is 74.1 Å². The van der Waals surface area contributed by atoms with E-state index in [0.29, 0.717) is 12.2 Å². The van der Waals surface area contributed by atoms with Crippen molar-refractivity contribution < 1.29 is 8.42 Å². The summed E-state index contributed by atoms with van der Waals surface area (Å²) in [5.41, 5.74) is 1.11. The molecule has 0 amide bonds. The summed E-state index contributed by atoms with van der Waals surface area (Å²) in [5, 5.41) is 8.68. The molecule has 0 atom stereocenters. The molecule has 1 aromatic heterocycles. The highest BCUT2D eigenvalue weighted by molar-refractivity contribution is 7.90. The lowest BCUT2D eigenvalue weighted by Gasteiger charge is -2.18. The lowest BCUT2D eigenvalue weighted by Crippen LogP contribution is -2.24. The summed E-state index contributed by atoms with van der Waals surface area (Å²) >= 11 is 0. The van der Waals surface area contributed by atoms with Crippen LogP contribution in [-0.2, 0) is 9.84 Å². The van der Waals surface area contributed by atoms with E-state index in [9.17, 15) is 8.42 Å². The fraction of sp³-hybridized carbons (Fsp3) is 0.400. The van der Waals surface area contributed by atoms with Crippen LogP contribution in [-0.4, -0.2) is 39.0 Å². The third-order valence-electron chi connectivity index (χ3n) is 2.10. The monoisotopic (exact) mass is 239 g/mol. The van der Waals surface area contributed by atoms with Crippen molar-refractivity contribution >= 4 is 15.5 Å². The minimum Gasteiger partial charge on any atom is -0.373 e. The zero-order valence-corrected chi connectivity index (χ0v) is 10.0. The summed E-state index contributed by atoms with van der Waals surface area (Å²) in [4.78, 5) is 5.62. The molecule has 0 aliphatic heterocycles. The fourth-order valence-corrected chi connectivity index (χ4v) is 1.76. The third-order valence-corrected chi connectivity index (χ3v) is 3.02. The fourth-order valence-electron chi connectivity index (χ4n) is 1.15. The molecule has 0 saturated heterocycles. The van der Waals surface area contributed by atoms with Crippen LogP contribution in [0.1, 0.15) is 5.69 Å². The van der Waals surface area contributed by atoms with E-state index in [1.54, 1.807) is 24.1 Å². The zero-order chi connectivity index (χ0) is 12.2. The number of anilines is 1. The van der Waals surface area contributed by atoms with Gasteiger partial charge in [0.2, 0.25) is 0 Å². The number of nitrogens with zero attached hydrogens (tertiary/aromatic N) is 3. The number of hydrogen-bond acceptors (Lipinski definition) is 5. The van der Waals surface area contributed by atoms with E-state index in [4.69, 9.17) is 5.26 Å². The second-order valence-corrected chi connectivity index (χ2v) is 5.82. The molecule has 86 valence electrons. The van der Waals surface area contributed by atoms with Crippen molar-refractivity contribution in [2.24, 2.45) is 0 Å². The molecule has 0 fully saturated rings. The average molecular weight is 239 g/mol. The molecule has 0 spiro atoms. The van der Waals surface area contributed by atoms with Crippen LogP contribution in [0.2, 0.25) is 0 Å². The zero-order valence-electron chi connectivity index (χ0n) is 9.21. The molecule has 0 saturated carbocycles. The quantitative estimate of drug-likeness (QED) is 0.762. The number of nitriles is 1. The van der Waals surface area contributed by atoms with Gasteiger partial charge in [-0.2, -0.15) is 5.26 Å². The van der Waals surface area contributed by atoms with Gasteiger partial charge in [0, 0.05) is 31.7 Å². The van der Waals surface area contributed by atoms with Crippen molar-refractivity contribution in [3.05, 3.63) is 24.0 Å². The van der Waals surface area contributed by atoms with Gasteiger partial charge in [-0.25, -0.2) is 13.4 Å². The maximum atomic E-state index is 11.0. The normalized spacial score (nSPS) is 10.8. The maximum absolute atomic E-state index is 11.0. The Hall–Kier alpha value is -1.61. The van der Waals surface area contributed by atoms with Crippen LogP contribution in [0.15, 0.2) is 18.3 Å². The summed E-state index contributed by atoms with van der Waals surface area (Å²) in [7, 11) is -1.19. The molecular formula is C10H13N3O2S. The van der Waals surface area contributed by atoms with Gasteiger partial charge in [-0.3, -0.25) is 0 Å². The van der Waals surface area contributed by atoms with Gasteiger partial charge in [-0.1, -0.05) is 0 Å². The molecule has 6 heteroatoms. The lowest BCUT2D eigenvalue weighted by molar-refractivity contribution is 0.601. The van der Waals surface area contributed by atoms with Crippen LogP contribution in [0.25, 0.3) is 0 Å². The van der Waals surface area contributed by atoms with Gasteiger partial charge in [0.05, 0.1) is 5.75 Å². The molecule has 0 unspecified atom stereocenters. The molecule has 5 nitrogen and oxygen atoms in total. The minimum absolute atomic E-state index is 0.0910. The minimum atomic E-state index is -2.97. The number of hydrogen-bond donors (Lipinski definition) is 0. The lowest BCUT2D eigenvalue weighted by atomic mass is 10.3. The highest BCUT2D eigenvalue weighted by atomic mass is 32.2. The first-order valence-corrected chi connectivity index (χ1v) is 6.73. The average Bonchev–Trinajstić information content (AvgIpc) is 2.25. The molecule has 1 aromatic rings. The van der Waals surface area contributed by atoms with Gasteiger partial charge in [-0.15, -0.1) is 0 Å². The van der Waals surface area contributed by atoms with Crippen LogP contribution in [0.4, 0.5) is 5.69 Å². The Morgan fingerprint density at radius 2 is 2.25 bits per heavy atom. The second-order valence-electron chi connectivity index (χ2n) is 3.56. The Bertz CT molecular complexity index is 505. The number of sulfone groups is 1. The van der Waals surface area contributed by atoms with E-state index >= 15 is 0 Å². The smallest absolute Gasteiger partial charge is 0.149 e. The van der Waals surface area contributed by atoms with Gasteiger partial charge in [-0.05, 0) is 12.1 Å². The highest BCUT2D eigenvalue weighted by Crippen LogP contribution is 2.12. The summed E-state index contributed by atoms with van der Waals surface area (Å²) in [5.74, 6) is 0.0910. The standard InChI is InChI=1S/C10H13N3O2S/c1-13(5-6-16(2,14)15)10-3-4-12-9(7-10)8-11/h3-4,7H,5-6H2,1-2H3. The van der Waals surface area contributed by atoms with Crippen molar-refractivity contribution in [2.75, 3.05) is 30.5 Å². The van der Waals surface area contributed by atoms with E-state index in [2.05, 4.69) is 4.98 Å². The van der Waals surface area contributed by atoms with Gasteiger partial charge in [0.15, 0.2) is 0 Å². The number of pyridine rings is 1. The van der Waals surface area contributed by atoms with Crippen molar-refractivity contribution in [2.45, 2.75) is 0 Å². The van der Waals surface area contributed by atoms with E-state index in [1.165, 1.54) is 12.5 Å². The van der Waals surface area contributed by atoms with Crippen molar-refractivity contribution in [1.29, 1.82) is 5.26 Å². The van der Waals surface area contributed by atoms with Gasteiger partial charge in [0.1, 0.15) is 21.6 Å². The van der Waals surface area contributed by atoms with E-state index < -0.39 is 9.84 Å². The maximum Gasteiger partial charge on any atom is 0.149 e. The molecule has 1 heterocycles. The number of rotatable bonds is 4. The first-order valence-electron chi connectivity index (χ1n) is 4.67. The van der Waals surface area contributed by atoms with Gasteiger partial charge < -0.3 is 4.90 Å². The van der Waals surface area contributed by atoms with Crippen LogP contribution in [0.3, 0.4) is 0 Å². The van der Waals surface area contributed by atoms with Gasteiger partial charge in [0.25, 0.3) is 0 Å². The predicted molar refractivity (Wildman–Crippen MR) is 61.9 cm³/mol. The molecular weight excluding hydrogens is 226 g/mol. The summed E-state index contributed by atoms with van der Waals surface area (Å²) in [6.07, 6.45) is 2.74. The van der Waals surface area contributed by atoms with Crippen LogP contribution in [0, 0.1) is 11.3 Å². The third kappa shape index (κ3) is 3.87. The molecule has 16 heavy (non-hydrogen) atoms.